The van der Waals surface area contributed by atoms with Crippen molar-refractivity contribution < 1.29 is 14.2 Å². The topological polar surface area (TPSA) is 53.7 Å². The van der Waals surface area contributed by atoms with Gasteiger partial charge in [-0.3, -0.25) is 0 Å². The van der Waals surface area contributed by atoms with E-state index < -0.39 is 0 Å². The van der Waals surface area contributed by atoms with Crippen molar-refractivity contribution in [3.8, 4) is 5.75 Å². The Bertz CT molecular complexity index is 355. The lowest BCUT2D eigenvalue weighted by Crippen LogP contribution is -2.19. The first-order valence-corrected chi connectivity index (χ1v) is 6.24. The van der Waals surface area contributed by atoms with Crippen molar-refractivity contribution in [1.29, 1.82) is 0 Å². The average molecular weight is 253 g/mol. The summed E-state index contributed by atoms with van der Waals surface area (Å²) in [5.41, 5.74) is 8.25. The van der Waals surface area contributed by atoms with Crippen molar-refractivity contribution in [2.45, 2.75) is 19.9 Å². The summed E-state index contributed by atoms with van der Waals surface area (Å²) in [5.74, 6) is 0.807. The predicted molar refractivity (Wildman–Crippen MR) is 72.0 cm³/mol. The average Bonchev–Trinajstić information content (AvgIpc) is 2.38. The van der Waals surface area contributed by atoms with E-state index in [1.807, 2.05) is 32.0 Å². The Labute approximate surface area is 109 Å². The fourth-order valence-corrected chi connectivity index (χ4v) is 1.71. The Kier molecular flexibility index (Phi) is 6.72. The van der Waals surface area contributed by atoms with Gasteiger partial charge in [0.15, 0.2) is 0 Å². The van der Waals surface area contributed by atoms with E-state index >= 15 is 0 Å². The number of nitrogens with two attached hydrogens (primary N) is 1. The molecule has 1 unspecified atom stereocenters. The molecule has 0 heterocycles. The summed E-state index contributed by atoms with van der Waals surface area (Å²) in [6, 6.07) is 5.80. The van der Waals surface area contributed by atoms with Gasteiger partial charge in [-0.25, -0.2) is 0 Å². The summed E-state index contributed by atoms with van der Waals surface area (Å²) in [5, 5.41) is 0. The van der Waals surface area contributed by atoms with Crippen LogP contribution in [-0.4, -0.2) is 33.5 Å². The first-order chi connectivity index (χ1) is 8.69. The zero-order chi connectivity index (χ0) is 13.4. The van der Waals surface area contributed by atoms with E-state index in [0.717, 1.165) is 16.9 Å². The highest BCUT2D eigenvalue weighted by Gasteiger charge is 2.12. The van der Waals surface area contributed by atoms with Crippen molar-refractivity contribution in [3.05, 3.63) is 29.3 Å². The van der Waals surface area contributed by atoms with Crippen LogP contribution in [0.3, 0.4) is 0 Å². The summed E-state index contributed by atoms with van der Waals surface area (Å²) in [7, 11) is 1.65. The smallest absolute Gasteiger partial charge is 0.123 e. The molecule has 102 valence electrons. The van der Waals surface area contributed by atoms with E-state index in [4.69, 9.17) is 19.9 Å². The van der Waals surface area contributed by atoms with Crippen LogP contribution in [0.4, 0.5) is 0 Å². The maximum Gasteiger partial charge on any atom is 0.123 e. The molecule has 1 rings (SSSR count). The van der Waals surface area contributed by atoms with Crippen LogP contribution in [0, 0.1) is 6.92 Å². The van der Waals surface area contributed by atoms with Gasteiger partial charge >= 0.3 is 0 Å². The molecule has 4 nitrogen and oxygen atoms in total. The number of rotatable bonds is 8. The maximum absolute atomic E-state index is 6.11. The molecule has 0 amide bonds. The zero-order valence-electron chi connectivity index (χ0n) is 11.4. The van der Waals surface area contributed by atoms with E-state index in [1.165, 1.54) is 0 Å². The van der Waals surface area contributed by atoms with E-state index in [-0.39, 0.29) is 6.04 Å². The molecule has 18 heavy (non-hydrogen) atoms. The Morgan fingerprint density at radius 1 is 1.22 bits per heavy atom. The first kappa shape index (κ1) is 15.0. The summed E-state index contributed by atoms with van der Waals surface area (Å²) >= 11 is 0. The SMILES string of the molecule is CCOCCOCC(N)c1cc(C)ccc1OC. The molecule has 2 N–H and O–H groups in total. The molecule has 0 bridgehead atoms. The molecule has 0 aliphatic rings. The second-order valence-electron chi connectivity index (χ2n) is 4.12. The van der Waals surface area contributed by atoms with Gasteiger partial charge in [0.1, 0.15) is 5.75 Å². The lowest BCUT2D eigenvalue weighted by atomic mass is 10.0. The van der Waals surface area contributed by atoms with Crippen LogP contribution in [0.2, 0.25) is 0 Å². The molecule has 0 aliphatic carbocycles. The molecule has 4 heteroatoms. The number of hydrogen-bond acceptors (Lipinski definition) is 4. The van der Waals surface area contributed by atoms with Gasteiger partial charge in [0.2, 0.25) is 0 Å². The Morgan fingerprint density at radius 3 is 2.61 bits per heavy atom. The minimum absolute atomic E-state index is 0.179. The Hall–Kier alpha value is -1.10. The van der Waals surface area contributed by atoms with Crippen molar-refractivity contribution in [1.82, 2.24) is 0 Å². The minimum atomic E-state index is -0.179. The highest BCUT2D eigenvalue weighted by atomic mass is 16.5. The first-order valence-electron chi connectivity index (χ1n) is 6.24. The molecule has 0 saturated heterocycles. The maximum atomic E-state index is 6.11. The van der Waals surface area contributed by atoms with Crippen LogP contribution in [0.15, 0.2) is 18.2 Å². The van der Waals surface area contributed by atoms with Crippen LogP contribution < -0.4 is 10.5 Å². The van der Waals surface area contributed by atoms with Crippen molar-refractivity contribution in [2.75, 3.05) is 33.5 Å². The third-order valence-corrected chi connectivity index (χ3v) is 2.66. The molecule has 0 aromatic heterocycles. The Balaban J connectivity index is 2.49. The van der Waals surface area contributed by atoms with Gasteiger partial charge in [-0.05, 0) is 19.9 Å². The molecule has 0 saturated carbocycles. The van der Waals surface area contributed by atoms with E-state index in [9.17, 15) is 0 Å². The fraction of sp³-hybridized carbons (Fsp3) is 0.571. The van der Waals surface area contributed by atoms with Crippen LogP contribution in [-0.2, 0) is 9.47 Å². The minimum Gasteiger partial charge on any atom is -0.496 e. The van der Waals surface area contributed by atoms with Gasteiger partial charge in [0.25, 0.3) is 0 Å². The van der Waals surface area contributed by atoms with Crippen LogP contribution in [0.5, 0.6) is 5.75 Å². The lowest BCUT2D eigenvalue weighted by Gasteiger charge is -2.16. The van der Waals surface area contributed by atoms with Gasteiger partial charge in [0.05, 0.1) is 33.0 Å². The van der Waals surface area contributed by atoms with Gasteiger partial charge in [-0.1, -0.05) is 17.7 Å². The molecule has 1 atom stereocenters. The van der Waals surface area contributed by atoms with Crippen molar-refractivity contribution in [3.63, 3.8) is 0 Å². The standard InChI is InChI=1S/C14H23NO3/c1-4-17-7-8-18-10-13(15)12-9-11(2)5-6-14(12)16-3/h5-6,9,13H,4,7-8,10,15H2,1-3H3. The largest absolute Gasteiger partial charge is 0.496 e. The van der Waals surface area contributed by atoms with E-state index in [1.54, 1.807) is 7.11 Å². The van der Waals surface area contributed by atoms with Crippen molar-refractivity contribution in [2.24, 2.45) is 5.73 Å². The number of aryl methyl sites for hydroxylation is 1. The molecule has 0 radical (unpaired) electrons. The zero-order valence-corrected chi connectivity index (χ0v) is 11.4. The van der Waals surface area contributed by atoms with Gasteiger partial charge < -0.3 is 19.9 Å². The second kappa shape index (κ2) is 8.08. The third kappa shape index (κ3) is 4.64. The number of methoxy groups -OCH3 is 1. The second-order valence-corrected chi connectivity index (χ2v) is 4.12. The molecular weight excluding hydrogens is 230 g/mol. The summed E-state index contributed by atoms with van der Waals surface area (Å²) in [4.78, 5) is 0. The van der Waals surface area contributed by atoms with Gasteiger partial charge in [-0.15, -0.1) is 0 Å². The normalized spacial score (nSPS) is 12.4. The summed E-state index contributed by atoms with van der Waals surface area (Å²) < 4.78 is 16.0. The fourth-order valence-electron chi connectivity index (χ4n) is 1.71. The molecule has 0 spiro atoms. The highest BCUT2D eigenvalue weighted by molar-refractivity contribution is 5.39. The lowest BCUT2D eigenvalue weighted by molar-refractivity contribution is 0.0470. The number of benzene rings is 1. The molecule has 0 aliphatic heterocycles. The number of hydrogen-bond donors (Lipinski definition) is 1. The van der Waals surface area contributed by atoms with E-state index in [0.29, 0.717) is 26.4 Å². The third-order valence-electron chi connectivity index (χ3n) is 2.66. The summed E-state index contributed by atoms with van der Waals surface area (Å²) in [6.07, 6.45) is 0. The van der Waals surface area contributed by atoms with Gasteiger partial charge in [0, 0.05) is 12.2 Å². The van der Waals surface area contributed by atoms with Crippen LogP contribution in [0.25, 0.3) is 0 Å². The quantitative estimate of drug-likeness (QED) is 0.720. The Morgan fingerprint density at radius 2 is 1.94 bits per heavy atom. The molecule has 1 aromatic carbocycles. The van der Waals surface area contributed by atoms with Gasteiger partial charge in [-0.2, -0.15) is 0 Å². The van der Waals surface area contributed by atoms with Crippen LogP contribution in [0.1, 0.15) is 24.1 Å². The predicted octanol–water partition coefficient (Wildman–Crippen LogP) is 2.06. The molecular formula is C14H23NO3. The van der Waals surface area contributed by atoms with Crippen LogP contribution >= 0.6 is 0 Å². The summed E-state index contributed by atoms with van der Waals surface area (Å²) in [6.45, 7) is 6.34. The highest BCUT2D eigenvalue weighted by Crippen LogP contribution is 2.25. The van der Waals surface area contributed by atoms with E-state index in [2.05, 4.69) is 0 Å². The molecule has 1 aromatic rings. The van der Waals surface area contributed by atoms with Crippen molar-refractivity contribution >= 4 is 0 Å². The molecule has 0 fully saturated rings. The number of ether oxygens (including phenoxy) is 3. The monoisotopic (exact) mass is 253 g/mol.